The first-order valence-electron chi connectivity index (χ1n) is 6.45. The Morgan fingerprint density at radius 1 is 1.23 bits per heavy atom. The maximum Gasteiger partial charge on any atom is 1.00 e. The molecular formula is C13H14BF4KN2O. The summed E-state index contributed by atoms with van der Waals surface area (Å²) < 4.78 is 57.8. The Morgan fingerprint density at radius 2 is 1.91 bits per heavy atom. The van der Waals surface area contributed by atoms with Gasteiger partial charge in [0.1, 0.15) is 12.4 Å². The van der Waals surface area contributed by atoms with Crippen LogP contribution < -0.4 is 61.6 Å². The van der Waals surface area contributed by atoms with Crippen LogP contribution >= 0.6 is 0 Å². The summed E-state index contributed by atoms with van der Waals surface area (Å²) in [6.07, 6.45) is 0.769. The van der Waals surface area contributed by atoms with Crippen LogP contribution in [0, 0.1) is 5.82 Å². The molecule has 9 heteroatoms. The molecule has 0 N–H and O–H groups in total. The molecule has 3 nitrogen and oxygen atoms in total. The van der Waals surface area contributed by atoms with Crippen LogP contribution in [-0.4, -0.2) is 16.8 Å². The van der Waals surface area contributed by atoms with E-state index >= 15 is 0 Å². The Morgan fingerprint density at radius 3 is 2.41 bits per heavy atom. The molecule has 0 aliphatic heterocycles. The molecule has 2 rings (SSSR count). The molecule has 0 radical (unpaired) electrons. The Balaban J connectivity index is 0.00000242. The summed E-state index contributed by atoms with van der Waals surface area (Å²) in [5, 5.41) is 4.22. The van der Waals surface area contributed by atoms with Gasteiger partial charge in [-0.1, -0.05) is 18.5 Å². The molecule has 0 bridgehead atoms. The fraction of sp³-hybridized carbons (Fsp3) is 0.308. The molecule has 114 valence electrons. The maximum atomic E-state index is 13.4. The zero-order valence-electron chi connectivity index (χ0n) is 12.6. The van der Waals surface area contributed by atoms with Crippen LogP contribution in [0.15, 0.2) is 24.3 Å². The molecule has 1 aromatic carbocycles. The standard InChI is InChI=1S/C13H14BF4N2O.K/c1-3-9-6-10(20(2)19-9)8-21-11-4-5-12(13(15)7-11)14(16,17)18;/h4-7H,3,8H2,1-2H3;/q-1;+1. The molecule has 1 heterocycles. The maximum absolute atomic E-state index is 13.4. The Labute approximate surface area is 168 Å². The predicted octanol–water partition coefficient (Wildman–Crippen LogP) is -0.241. The first-order chi connectivity index (χ1) is 9.81. The van der Waals surface area contributed by atoms with E-state index in [1.807, 2.05) is 13.0 Å². The van der Waals surface area contributed by atoms with Crippen LogP contribution in [0.5, 0.6) is 5.75 Å². The van der Waals surface area contributed by atoms with Crippen molar-refractivity contribution in [2.75, 3.05) is 0 Å². The van der Waals surface area contributed by atoms with Crippen LogP contribution in [0.3, 0.4) is 0 Å². The molecule has 0 aliphatic carbocycles. The number of ether oxygens (including phenoxy) is 1. The smallest absolute Gasteiger partial charge is 0.487 e. The minimum atomic E-state index is -5.35. The Bertz CT molecular complexity index is 645. The van der Waals surface area contributed by atoms with E-state index in [9.17, 15) is 17.3 Å². The Kier molecular flexibility index (Phi) is 7.13. The monoisotopic (exact) mass is 340 g/mol. The van der Waals surface area contributed by atoms with Gasteiger partial charge in [0.05, 0.1) is 17.2 Å². The number of benzene rings is 1. The third-order valence-electron chi connectivity index (χ3n) is 3.10. The number of halogens is 4. The molecule has 1 aromatic heterocycles. The SMILES string of the molecule is CCc1cc(COc2ccc([B-](F)(F)F)c(F)c2)n(C)n1.[K+]. The van der Waals surface area contributed by atoms with Crippen molar-refractivity contribution in [2.45, 2.75) is 20.0 Å². The minimum Gasteiger partial charge on any atom is -0.487 e. The van der Waals surface area contributed by atoms with Gasteiger partial charge in [-0.2, -0.15) is 5.10 Å². The second kappa shape index (κ2) is 7.96. The van der Waals surface area contributed by atoms with Crippen LogP contribution in [0.1, 0.15) is 18.3 Å². The second-order valence-corrected chi connectivity index (χ2v) is 4.65. The van der Waals surface area contributed by atoms with Crippen molar-refractivity contribution in [3.8, 4) is 5.75 Å². The van der Waals surface area contributed by atoms with Gasteiger partial charge >= 0.3 is 58.4 Å². The number of aryl methyl sites for hydroxylation is 2. The van der Waals surface area contributed by atoms with Gasteiger partial charge in [0.15, 0.2) is 0 Å². The fourth-order valence-electron chi connectivity index (χ4n) is 1.90. The summed E-state index contributed by atoms with van der Waals surface area (Å²) in [6.45, 7) is -3.28. The average Bonchev–Trinajstić information content (AvgIpc) is 2.75. The van der Waals surface area contributed by atoms with E-state index in [0.717, 1.165) is 29.9 Å². The zero-order chi connectivity index (χ0) is 15.6. The quantitative estimate of drug-likeness (QED) is 0.555. The number of nitrogens with zero attached hydrogens (tertiary/aromatic N) is 2. The van der Waals surface area contributed by atoms with Crippen molar-refractivity contribution in [3.63, 3.8) is 0 Å². The van der Waals surface area contributed by atoms with Crippen molar-refractivity contribution >= 4 is 12.4 Å². The molecule has 0 amide bonds. The molecular weight excluding hydrogens is 326 g/mol. The molecule has 22 heavy (non-hydrogen) atoms. The van der Waals surface area contributed by atoms with Crippen molar-refractivity contribution in [3.05, 3.63) is 41.5 Å². The van der Waals surface area contributed by atoms with Crippen molar-refractivity contribution in [2.24, 2.45) is 7.05 Å². The Hall–Kier alpha value is -0.349. The van der Waals surface area contributed by atoms with Gasteiger partial charge in [-0.25, -0.2) is 4.39 Å². The fourth-order valence-corrected chi connectivity index (χ4v) is 1.90. The first kappa shape index (κ1) is 19.7. The van der Waals surface area contributed by atoms with E-state index in [2.05, 4.69) is 5.10 Å². The van der Waals surface area contributed by atoms with E-state index in [0.29, 0.717) is 6.07 Å². The third kappa shape index (κ3) is 4.82. The largest absolute Gasteiger partial charge is 1.00 e. The molecule has 0 saturated heterocycles. The average molecular weight is 340 g/mol. The molecule has 0 atom stereocenters. The topological polar surface area (TPSA) is 27.1 Å². The summed E-state index contributed by atoms with van der Waals surface area (Å²) in [6, 6.07) is 4.40. The van der Waals surface area contributed by atoms with Gasteiger partial charge in [0, 0.05) is 13.1 Å². The summed E-state index contributed by atoms with van der Waals surface area (Å²) in [5.41, 5.74) is 0.407. The third-order valence-corrected chi connectivity index (χ3v) is 3.10. The number of aromatic nitrogens is 2. The van der Waals surface area contributed by atoms with Gasteiger partial charge in [-0.3, -0.25) is 4.68 Å². The van der Waals surface area contributed by atoms with E-state index in [4.69, 9.17) is 4.74 Å². The zero-order valence-corrected chi connectivity index (χ0v) is 15.7. The molecule has 0 unspecified atom stereocenters. The predicted molar refractivity (Wildman–Crippen MR) is 72.0 cm³/mol. The van der Waals surface area contributed by atoms with Crippen LogP contribution in [0.2, 0.25) is 0 Å². The van der Waals surface area contributed by atoms with E-state index in [1.54, 1.807) is 11.7 Å². The van der Waals surface area contributed by atoms with E-state index in [1.165, 1.54) is 0 Å². The van der Waals surface area contributed by atoms with Gasteiger partial charge in [-0.15, -0.1) is 0 Å². The molecule has 0 saturated carbocycles. The molecule has 0 fully saturated rings. The summed E-state index contributed by atoms with van der Waals surface area (Å²) in [5.74, 6) is -1.27. The summed E-state index contributed by atoms with van der Waals surface area (Å²) >= 11 is 0. The van der Waals surface area contributed by atoms with Crippen LogP contribution in [0.25, 0.3) is 0 Å². The van der Waals surface area contributed by atoms with Gasteiger partial charge < -0.3 is 17.7 Å². The number of hydrogen-bond donors (Lipinski definition) is 0. The number of rotatable bonds is 5. The first-order valence-corrected chi connectivity index (χ1v) is 6.45. The number of hydrogen-bond acceptors (Lipinski definition) is 2. The van der Waals surface area contributed by atoms with Crippen molar-refractivity contribution < 1.29 is 73.5 Å². The van der Waals surface area contributed by atoms with Crippen molar-refractivity contribution in [1.82, 2.24) is 9.78 Å². The normalized spacial score (nSPS) is 11.2. The van der Waals surface area contributed by atoms with E-state index < -0.39 is 18.3 Å². The van der Waals surface area contributed by atoms with Crippen LogP contribution in [-0.2, 0) is 20.1 Å². The summed E-state index contributed by atoms with van der Waals surface area (Å²) in [7, 11) is 1.74. The summed E-state index contributed by atoms with van der Waals surface area (Å²) in [4.78, 5) is 0. The van der Waals surface area contributed by atoms with Crippen LogP contribution in [0.4, 0.5) is 17.3 Å². The van der Waals surface area contributed by atoms with Gasteiger partial charge in [-0.05, 0) is 18.6 Å². The molecule has 0 aliphatic rings. The molecule has 0 spiro atoms. The van der Waals surface area contributed by atoms with E-state index in [-0.39, 0.29) is 63.7 Å². The minimum absolute atomic E-state index is 0. The van der Waals surface area contributed by atoms with Gasteiger partial charge in [0.25, 0.3) is 0 Å². The van der Waals surface area contributed by atoms with Gasteiger partial charge in [0.2, 0.25) is 0 Å². The molecule has 2 aromatic rings. The van der Waals surface area contributed by atoms with Crippen molar-refractivity contribution in [1.29, 1.82) is 0 Å². The second-order valence-electron chi connectivity index (χ2n) is 4.65.